The summed E-state index contributed by atoms with van der Waals surface area (Å²) in [5.41, 5.74) is 7.42. The van der Waals surface area contributed by atoms with Crippen LogP contribution in [0.2, 0.25) is 0 Å². The lowest BCUT2D eigenvalue weighted by Crippen LogP contribution is -2.48. The summed E-state index contributed by atoms with van der Waals surface area (Å²) in [5, 5.41) is 0. The topological polar surface area (TPSA) is 69.9 Å². The van der Waals surface area contributed by atoms with E-state index >= 15 is 0 Å². The third-order valence-corrected chi connectivity index (χ3v) is 6.25. The van der Waals surface area contributed by atoms with Gasteiger partial charge in [0.25, 0.3) is 0 Å². The standard InChI is InChI=1S/C22H34N4O2.2ClH/c1-17(27)26-15-19(8-9-20(23)16-26)22(28)25-12-10-21(11-13-25)24(2)14-18-6-4-3-5-7-18;;/h3-7,19-21H,8-16,23H2,1-2H3;2*1H/t19-,20+;;/m1../s1. The highest BCUT2D eigenvalue weighted by Crippen LogP contribution is 2.23. The van der Waals surface area contributed by atoms with E-state index in [4.69, 9.17) is 5.73 Å². The Morgan fingerprint density at radius 3 is 2.23 bits per heavy atom. The quantitative estimate of drug-likeness (QED) is 0.752. The van der Waals surface area contributed by atoms with Gasteiger partial charge in [0.15, 0.2) is 0 Å². The number of benzene rings is 1. The molecule has 0 spiro atoms. The van der Waals surface area contributed by atoms with Crippen LogP contribution in [-0.2, 0) is 16.1 Å². The number of hydrogen-bond donors (Lipinski definition) is 1. The highest BCUT2D eigenvalue weighted by atomic mass is 35.5. The zero-order valence-electron chi connectivity index (χ0n) is 18.0. The molecule has 2 aliphatic rings. The number of carbonyl (C=O) groups is 2. The molecule has 2 N–H and O–H groups in total. The van der Waals surface area contributed by atoms with E-state index < -0.39 is 0 Å². The number of halogens is 2. The maximum Gasteiger partial charge on any atom is 0.227 e. The molecular formula is C22H36Cl2N4O2. The van der Waals surface area contributed by atoms with Gasteiger partial charge in [0.05, 0.1) is 5.92 Å². The molecule has 0 unspecified atom stereocenters. The Bertz CT molecular complexity index is 668. The number of rotatable bonds is 4. The van der Waals surface area contributed by atoms with Crippen molar-refractivity contribution in [2.45, 2.75) is 51.2 Å². The minimum absolute atomic E-state index is 0. The molecule has 30 heavy (non-hydrogen) atoms. The van der Waals surface area contributed by atoms with E-state index in [-0.39, 0.29) is 48.6 Å². The lowest BCUT2D eigenvalue weighted by atomic mass is 9.97. The smallest absolute Gasteiger partial charge is 0.227 e. The molecule has 2 fully saturated rings. The minimum atomic E-state index is -0.115. The van der Waals surface area contributed by atoms with Gasteiger partial charge in [-0.3, -0.25) is 14.5 Å². The molecule has 3 rings (SSSR count). The second-order valence-corrected chi connectivity index (χ2v) is 8.42. The predicted octanol–water partition coefficient (Wildman–Crippen LogP) is 2.54. The molecule has 0 aliphatic carbocycles. The Kier molecular flexibility index (Phi) is 11.1. The highest BCUT2D eigenvalue weighted by Gasteiger charge is 2.33. The van der Waals surface area contributed by atoms with Crippen molar-refractivity contribution in [2.24, 2.45) is 11.7 Å². The summed E-state index contributed by atoms with van der Waals surface area (Å²) < 4.78 is 0. The number of amides is 2. The van der Waals surface area contributed by atoms with Crippen LogP contribution in [0.5, 0.6) is 0 Å². The van der Waals surface area contributed by atoms with Gasteiger partial charge in [-0.2, -0.15) is 0 Å². The van der Waals surface area contributed by atoms with Crippen molar-refractivity contribution >= 4 is 36.6 Å². The Morgan fingerprint density at radius 2 is 1.63 bits per heavy atom. The Balaban J connectivity index is 0.00000225. The summed E-state index contributed by atoms with van der Waals surface area (Å²) in [6, 6.07) is 11.0. The molecule has 0 saturated carbocycles. The third-order valence-electron chi connectivity index (χ3n) is 6.25. The molecule has 8 heteroatoms. The number of nitrogens with zero attached hydrogens (tertiary/aromatic N) is 3. The van der Waals surface area contributed by atoms with Crippen molar-refractivity contribution in [1.29, 1.82) is 0 Å². The van der Waals surface area contributed by atoms with Gasteiger partial charge < -0.3 is 15.5 Å². The van der Waals surface area contributed by atoms with Gasteiger partial charge in [-0.15, -0.1) is 24.8 Å². The molecule has 1 aromatic carbocycles. The second kappa shape index (κ2) is 12.5. The average Bonchev–Trinajstić information content (AvgIpc) is 2.90. The summed E-state index contributed by atoms with van der Waals surface area (Å²) in [6.07, 6.45) is 3.57. The van der Waals surface area contributed by atoms with Gasteiger partial charge in [-0.1, -0.05) is 30.3 Å². The summed E-state index contributed by atoms with van der Waals surface area (Å²) in [4.78, 5) is 31.1. The first-order valence-electron chi connectivity index (χ1n) is 10.5. The first kappa shape index (κ1) is 26.7. The molecule has 2 amide bonds. The van der Waals surface area contributed by atoms with Gasteiger partial charge in [0.2, 0.25) is 11.8 Å². The van der Waals surface area contributed by atoms with Gasteiger partial charge in [-0.05, 0) is 38.3 Å². The summed E-state index contributed by atoms with van der Waals surface area (Å²) >= 11 is 0. The maximum atomic E-state index is 13.1. The number of nitrogens with two attached hydrogens (primary N) is 1. The van der Waals surface area contributed by atoms with Crippen LogP contribution in [-0.4, -0.2) is 71.8 Å². The van der Waals surface area contributed by atoms with E-state index in [1.54, 1.807) is 11.8 Å². The van der Waals surface area contributed by atoms with E-state index in [9.17, 15) is 9.59 Å². The van der Waals surface area contributed by atoms with Crippen LogP contribution in [0.4, 0.5) is 0 Å². The van der Waals surface area contributed by atoms with Crippen molar-refractivity contribution in [3.05, 3.63) is 35.9 Å². The Labute approximate surface area is 193 Å². The van der Waals surface area contributed by atoms with Crippen molar-refractivity contribution < 1.29 is 9.59 Å². The first-order valence-corrected chi connectivity index (χ1v) is 10.5. The second-order valence-electron chi connectivity index (χ2n) is 8.42. The highest BCUT2D eigenvalue weighted by molar-refractivity contribution is 5.85. The van der Waals surface area contributed by atoms with Crippen LogP contribution < -0.4 is 5.73 Å². The molecule has 0 aromatic heterocycles. The molecule has 0 bridgehead atoms. The van der Waals surface area contributed by atoms with Gasteiger partial charge in [-0.25, -0.2) is 0 Å². The molecular weight excluding hydrogens is 423 g/mol. The lowest BCUT2D eigenvalue weighted by Gasteiger charge is -2.38. The molecule has 2 aliphatic heterocycles. The van der Waals surface area contributed by atoms with E-state index in [0.29, 0.717) is 19.1 Å². The normalized spacial score (nSPS) is 22.7. The molecule has 2 heterocycles. The Hall–Kier alpha value is -1.34. The van der Waals surface area contributed by atoms with Crippen molar-refractivity contribution in [3.8, 4) is 0 Å². The minimum Gasteiger partial charge on any atom is -0.342 e. The summed E-state index contributed by atoms with van der Waals surface area (Å²) in [7, 11) is 2.17. The molecule has 2 saturated heterocycles. The van der Waals surface area contributed by atoms with Gasteiger partial charge in [0, 0.05) is 51.7 Å². The largest absolute Gasteiger partial charge is 0.342 e. The SMILES string of the molecule is CC(=O)N1C[C@@H](N)CC[C@@H](C(=O)N2CCC(N(C)Cc3ccccc3)CC2)C1.Cl.Cl. The lowest BCUT2D eigenvalue weighted by molar-refractivity contribution is -0.139. The van der Waals surface area contributed by atoms with Crippen molar-refractivity contribution in [3.63, 3.8) is 0 Å². The fraction of sp³-hybridized carbons (Fsp3) is 0.636. The number of carbonyl (C=O) groups excluding carboxylic acids is 2. The summed E-state index contributed by atoms with van der Waals surface area (Å²) in [6.45, 7) is 5.17. The Morgan fingerprint density at radius 1 is 1.00 bits per heavy atom. The zero-order chi connectivity index (χ0) is 20.1. The molecule has 170 valence electrons. The maximum absolute atomic E-state index is 13.1. The third kappa shape index (κ3) is 7.12. The average molecular weight is 459 g/mol. The van der Waals surface area contributed by atoms with E-state index in [2.05, 4.69) is 36.2 Å². The van der Waals surface area contributed by atoms with Crippen molar-refractivity contribution in [2.75, 3.05) is 33.2 Å². The van der Waals surface area contributed by atoms with Crippen LogP contribution in [0, 0.1) is 5.92 Å². The predicted molar refractivity (Wildman–Crippen MR) is 125 cm³/mol. The van der Waals surface area contributed by atoms with Crippen LogP contribution in [0.1, 0.15) is 38.2 Å². The number of hydrogen-bond acceptors (Lipinski definition) is 4. The molecule has 2 atom stereocenters. The van der Waals surface area contributed by atoms with Gasteiger partial charge in [0.1, 0.15) is 0 Å². The molecule has 1 aromatic rings. The van der Waals surface area contributed by atoms with Crippen LogP contribution >= 0.6 is 24.8 Å². The van der Waals surface area contributed by atoms with Crippen LogP contribution in [0.15, 0.2) is 30.3 Å². The van der Waals surface area contributed by atoms with E-state index in [1.165, 1.54) is 5.56 Å². The first-order chi connectivity index (χ1) is 13.4. The van der Waals surface area contributed by atoms with E-state index in [1.807, 2.05) is 11.0 Å². The zero-order valence-corrected chi connectivity index (χ0v) is 19.7. The summed E-state index contributed by atoms with van der Waals surface area (Å²) in [5.74, 6) is 0.0944. The molecule has 0 radical (unpaired) electrons. The fourth-order valence-corrected chi connectivity index (χ4v) is 4.47. The van der Waals surface area contributed by atoms with Crippen LogP contribution in [0.3, 0.4) is 0 Å². The monoisotopic (exact) mass is 458 g/mol. The van der Waals surface area contributed by atoms with Gasteiger partial charge >= 0.3 is 0 Å². The van der Waals surface area contributed by atoms with E-state index in [0.717, 1.165) is 45.3 Å². The number of likely N-dealkylation sites (tertiary alicyclic amines) is 2. The molecule has 6 nitrogen and oxygen atoms in total. The fourth-order valence-electron chi connectivity index (χ4n) is 4.47. The van der Waals surface area contributed by atoms with Crippen molar-refractivity contribution in [1.82, 2.24) is 14.7 Å². The number of piperidine rings is 1. The van der Waals surface area contributed by atoms with Crippen LogP contribution in [0.25, 0.3) is 0 Å².